The molecule has 1 heterocycles. The number of carbonyl (C=O) groups excluding carboxylic acids is 2. The summed E-state index contributed by atoms with van der Waals surface area (Å²) in [6.07, 6.45) is 1.90. The molecule has 0 aromatic carbocycles. The summed E-state index contributed by atoms with van der Waals surface area (Å²) in [6, 6.07) is 0. The number of rotatable bonds is 4. The largest absolute Gasteiger partial charge is 0.393 e. The van der Waals surface area contributed by atoms with Crippen molar-refractivity contribution in [2.45, 2.75) is 47.0 Å². The van der Waals surface area contributed by atoms with Gasteiger partial charge in [-0.1, -0.05) is 34.1 Å². The molecule has 0 aliphatic carbocycles. The minimum atomic E-state index is -0.556. The van der Waals surface area contributed by atoms with Crippen LogP contribution in [0.3, 0.4) is 0 Å². The van der Waals surface area contributed by atoms with Crippen molar-refractivity contribution in [3.05, 3.63) is 0 Å². The van der Waals surface area contributed by atoms with Gasteiger partial charge in [-0.3, -0.25) is 9.59 Å². The number of ether oxygens (including phenoxy) is 1. The molecule has 1 aliphatic rings. The molecule has 2 atom stereocenters. The zero-order valence-electron chi connectivity index (χ0n) is 10.0. The zero-order valence-corrected chi connectivity index (χ0v) is 10.0. The van der Waals surface area contributed by atoms with Crippen LogP contribution >= 0.6 is 0 Å². The molecule has 2 unspecified atom stereocenters. The fourth-order valence-electron chi connectivity index (χ4n) is 2.42. The fraction of sp³-hybridized carbons (Fsp3) is 0.833. The van der Waals surface area contributed by atoms with Gasteiger partial charge in [-0.15, -0.1) is 0 Å². The molecule has 3 heteroatoms. The van der Waals surface area contributed by atoms with Gasteiger partial charge >= 0.3 is 11.9 Å². The van der Waals surface area contributed by atoms with Gasteiger partial charge in [0.05, 0.1) is 11.8 Å². The van der Waals surface area contributed by atoms with Crippen LogP contribution in [-0.4, -0.2) is 11.9 Å². The highest BCUT2D eigenvalue weighted by Gasteiger charge is 2.52. The van der Waals surface area contributed by atoms with Crippen LogP contribution in [0.2, 0.25) is 0 Å². The monoisotopic (exact) mass is 212 g/mol. The molecule has 0 spiro atoms. The fourth-order valence-corrected chi connectivity index (χ4v) is 2.42. The van der Waals surface area contributed by atoms with E-state index >= 15 is 0 Å². The Morgan fingerprint density at radius 2 is 1.93 bits per heavy atom. The first-order valence-corrected chi connectivity index (χ1v) is 5.67. The lowest BCUT2D eigenvalue weighted by Gasteiger charge is -2.31. The molecule has 3 nitrogen and oxygen atoms in total. The van der Waals surface area contributed by atoms with Gasteiger partial charge in [-0.2, -0.15) is 0 Å². The number of esters is 2. The number of cyclic esters (lactones) is 2. The van der Waals surface area contributed by atoms with Crippen LogP contribution in [0, 0.1) is 17.3 Å². The van der Waals surface area contributed by atoms with E-state index in [2.05, 4.69) is 13.8 Å². The normalized spacial score (nSPS) is 28.3. The third-order valence-corrected chi connectivity index (χ3v) is 3.40. The molecule has 0 radical (unpaired) electrons. The summed E-state index contributed by atoms with van der Waals surface area (Å²) >= 11 is 0. The second-order valence-electron chi connectivity index (χ2n) is 5.00. The summed E-state index contributed by atoms with van der Waals surface area (Å²) in [6.45, 7) is 8.21. The van der Waals surface area contributed by atoms with Gasteiger partial charge in [0.1, 0.15) is 0 Å². The zero-order chi connectivity index (χ0) is 11.6. The van der Waals surface area contributed by atoms with E-state index in [0.717, 1.165) is 12.8 Å². The van der Waals surface area contributed by atoms with Crippen LogP contribution < -0.4 is 0 Å². The van der Waals surface area contributed by atoms with Gasteiger partial charge < -0.3 is 4.74 Å². The van der Waals surface area contributed by atoms with Gasteiger partial charge in [0.2, 0.25) is 0 Å². The van der Waals surface area contributed by atoms with Crippen molar-refractivity contribution >= 4 is 11.9 Å². The molecule has 0 bridgehead atoms. The highest BCUT2D eigenvalue weighted by molar-refractivity contribution is 5.97. The number of hydrogen-bond donors (Lipinski definition) is 0. The van der Waals surface area contributed by atoms with E-state index < -0.39 is 5.41 Å². The second-order valence-corrected chi connectivity index (χ2v) is 5.00. The summed E-state index contributed by atoms with van der Waals surface area (Å²) in [7, 11) is 0. The topological polar surface area (TPSA) is 43.4 Å². The average Bonchev–Trinajstić information content (AvgIpc) is 2.40. The molecule has 0 saturated carbocycles. The van der Waals surface area contributed by atoms with E-state index in [1.54, 1.807) is 0 Å². The maximum absolute atomic E-state index is 11.8. The van der Waals surface area contributed by atoms with Crippen LogP contribution in [0.1, 0.15) is 47.0 Å². The second kappa shape index (κ2) is 4.33. The van der Waals surface area contributed by atoms with E-state index in [4.69, 9.17) is 4.74 Å². The molecular formula is C12H20O3. The molecule has 0 aromatic rings. The summed E-state index contributed by atoms with van der Waals surface area (Å²) in [5.41, 5.74) is -0.556. The standard InChI is InChI=1S/C12H20O3/c1-5-9(4)12(6-8(2)3)7-10(13)15-11(12)14/h8-9H,5-7H2,1-4H3. The van der Waals surface area contributed by atoms with E-state index in [1.165, 1.54) is 0 Å². The maximum atomic E-state index is 11.8. The molecule has 1 aliphatic heterocycles. The smallest absolute Gasteiger partial charge is 0.320 e. The summed E-state index contributed by atoms with van der Waals surface area (Å²) < 4.78 is 4.72. The van der Waals surface area contributed by atoms with Crippen molar-refractivity contribution < 1.29 is 14.3 Å². The Morgan fingerprint density at radius 1 is 1.33 bits per heavy atom. The molecule has 15 heavy (non-hydrogen) atoms. The van der Waals surface area contributed by atoms with Crippen LogP contribution in [-0.2, 0) is 14.3 Å². The Balaban J connectivity index is 2.96. The van der Waals surface area contributed by atoms with Crippen LogP contribution in [0.5, 0.6) is 0 Å². The van der Waals surface area contributed by atoms with E-state index in [1.807, 2.05) is 13.8 Å². The molecule has 86 valence electrons. The molecule has 1 saturated heterocycles. The van der Waals surface area contributed by atoms with E-state index in [9.17, 15) is 9.59 Å². The van der Waals surface area contributed by atoms with Crippen molar-refractivity contribution in [3.63, 3.8) is 0 Å². The van der Waals surface area contributed by atoms with Gasteiger partial charge in [-0.05, 0) is 18.3 Å². The molecular weight excluding hydrogens is 192 g/mol. The molecule has 1 rings (SSSR count). The van der Waals surface area contributed by atoms with E-state index in [0.29, 0.717) is 5.92 Å². The lowest BCUT2D eigenvalue weighted by Crippen LogP contribution is -2.35. The van der Waals surface area contributed by atoms with Gasteiger partial charge in [-0.25, -0.2) is 0 Å². The molecule has 0 aromatic heterocycles. The summed E-state index contributed by atoms with van der Waals surface area (Å²) in [4.78, 5) is 23.0. The van der Waals surface area contributed by atoms with Crippen molar-refractivity contribution in [1.82, 2.24) is 0 Å². The quantitative estimate of drug-likeness (QED) is 0.531. The van der Waals surface area contributed by atoms with Crippen LogP contribution in [0.4, 0.5) is 0 Å². The SMILES string of the molecule is CCC(C)C1(CC(C)C)CC(=O)OC1=O. The van der Waals surface area contributed by atoms with Crippen LogP contribution in [0.15, 0.2) is 0 Å². The Labute approximate surface area is 91.2 Å². The predicted octanol–water partition coefficient (Wildman–Crippen LogP) is 2.54. The van der Waals surface area contributed by atoms with E-state index in [-0.39, 0.29) is 24.3 Å². The van der Waals surface area contributed by atoms with Gasteiger partial charge in [0.15, 0.2) is 0 Å². The first-order valence-electron chi connectivity index (χ1n) is 5.67. The van der Waals surface area contributed by atoms with Crippen molar-refractivity contribution in [1.29, 1.82) is 0 Å². The average molecular weight is 212 g/mol. The first kappa shape index (κ1) is 12.2. The number of hydrogen-bond acceptors (Lipinski definition) is 3. The van der Waals surface area contributed by atoms with Crippen molar-refractivity contribution in [3.8, 4) is 0 Å². The highest BCUT2D eigenvalue weighted by Crippen LogP contribution is 2.44. The number of carbonyl (C=O) groups is 2. The first-order chi connectivity index (χ1) is 6.92. The molecule has 0 amide bonds. The molecule has 1 fully saturated rings. The lowest BCUT2D eigenvalue weighted by atomic mass is 9.69. The van der Waals surface area contributed by atoms with Crippen LogP contribution in [0.25, 0.3) is 0 Å². The summed E-state index contributed by atoms with van der Waals surface area (Å²) in [5.74, 6) is -0.0622. The third-order valence-electron chi connectivity index (χ3n) is 3.40. The third kappa shape index (κ3) is 2.21. The predicted molar refractivity (Wildman–Crippen MR) is 57.1 cm³/mol. The molecule has 0 N–H and O–H groups in total. The Morgan fingerprint density at radius 3 is 2.27 bits per heavy atom. The van der Waals surface area contributed by atoms with Crippen molar-refractivity contribution in [2.24, 2.45) is 17.3 Å². The van der Waals surface area contributed by atoms with Crippen molar-refractivity contribution in [2.75, 3.05) is 0 Å². The Hall–Kier alpha value is -0.860. The Kier molecular flexibility index (Phi) is 3.53. The minimum Gasteiger partial charge on any atom is -0.393 e. The van der Waals surface area contributed by atoms with Gasteiger partial charge in [0.25, 0.3) is 0 Å². The van der Waals surface area contributed by atoms with Gasteiger partial charge in [0, 0.05) is 0 Å². The minimum absolute atomic E-state index is 0.207. The summed E-state index contributed by atoms with van der Waals surface area (Å²) in [5, 5.41) is 0. The maximum Gasteiger partial charge on any atom is 0.320 e. The Bertz CT molecular complexity index is 270. The lowest BCUT2D eigenvalue weighted by molar-refractivity contribution is -0.156. The highest BCUT2D eigenvalue weighted by atomic mass is 16.6.